The third-order valence-corrected chi connectivity index (χ3v) is 3.97. The topological polar surface area (TPSA) is 17.8 Å². The summed E-state index contributed by atoms with van der Waals surface area (Å²) in [6.07, 6.45) is 3.99. The molecule has 0 bridgehead atoms. The Morgan fingerprint density at radius 2 is 1.80 bits per heavy atom. The molecule has 0 saturated heterocycles. The van der Waals surface area contributed by atoms with E-state index in [1.165, 1.54) is 16.7 Å². The Balaban J connectivity index is 1.84. The molecule has 0 spiro atoms. The fraction of sp³-hybridized carbons (Fsp3) is 0.118. The molecule has 100 valence electrons. The van der Waals surface area contributed by atoms with Crippen molar-refractivity contribution < 1.29 is 0 Å². The lowest BCUT2D eigenvalue weighted by molar-refractivity contribution is 0.687. The average molecular weight is 327 g/mol. The molecule has 0 aliphatic carbocycles. The molecule has 0 atom stereocenters. The molecule has 1 heterocycles. The zero-order valence-electron chi connectivity index (χ0n) is 11.3. The first-order chi connectivity index (χ1) is 9.72. The van der Waals surface area contributed by atoms with Crippen LogP contribution in [0, 0.1) is 6.92 Å². The van der Waals surface area contributed by atoms with Crippen LogP contribution in [0.5, 0.6) is 0 Å². The molecule has 0 saturated carbocycles. The van der Waals surface area contributed by atoms with Crippen LogP contribution in [0.1, 0.15) is 11.1 Å². The van der Waals surface area contributed by atoms with Crippen LogP contribution in [0.3, 0.4) is 0 Å². The van der Waals surface area contributed by atoms with Gasteiger partial charge in [-0.25, -0.2) is 0 Å². The zero-order chi connectivity index (χ0) is 13.9. The molecule has 3 heteroatoms. The van der Waals surface area contributed by atoms with E-state index in [1.807, 2.05) is 29.1 Å². The van der Waals surface area contributed by atoms with Crippen molar-refractivity contribution in [1.82, 2.24) is 9.78 Å². The number of nitrogens with zero attached hydrogens (tertiary/aromatic N) is 2. The van der Waals surface area contributed by atoms with Gasteiger partial charge in [-0.05, 0) is 24.1 Å². The summed E-state index contributed by atoms with van der Waals surface area (Å²) in [6, 6.07) is 16.8. The number of rotatable bonds is 3. The smallest absolute Gasteiger partial charge is 0.0659 e. The lowest BCUT2D eigenvalue weighted by Gasteiger charge is -2.03. The van der Waals surface area contributed by atoms with E-state index in [-0.39, 0.29) is 0 Å². The summed E-state index contributed by atoms with van der Waals surface area (Å²) in [6.45, 7) is 2.90. The highest BCUT2D eigenvalue weighted by molar-refractivity contribution is 9.10. The van der Waals surface area contributed by atoms with Crippen LogP contribution in [-0.2, 0) is 6.54 Å². The Bertz CT molecular complexity index is 714. The molecule has 0 aliphatic rings. The van der Waals surface area contributed by atoms with E-state index < -0.39 is 0 Å². The molecule has 3 rings (SSSR count). The van der Waals surface area contributed by atoms with Gasteiger partial charge in [-0.15, -0.1) is 0 Å². The summed E-state index contributed by atoms with van der Waals surface area (Å²) >= 11 is 3.58. The van der Waals surface area contributed by atoms with Gasteiger partial charge in [0.25, 0.3) is 0 Å². The Kier molecular flexibility index (Phi) is 3.70. The number of halogens is 1. The van der Waals surface area contributed by atoms with Gasteiger partial charge in [-0.2, -0.15) is 5.10 Å². The van der Waals surface area contributed by atoms with Crippen LogP contribution in [0.4, 0.5) is 0 Å². The minimum absolute atomic E-state index is 0.796. The fourth-order valence-electron chi connectivity index (χ4n) is 2.16. The van der Waals surface area contributed by atoms with Gasteiger partial charge < -0.3 is 0 Å². The molecule has 0 N–H and O–H groups in total. The average Bonchev–Trinajstić information content (AvgIpc) is 2.90. The van der Waals surface area contributed by atoms with Crippen LogP contribution in [0.15, 0.2) is 65.4 Å². The SMILES string of the molecule is Cc1ccc(Cn2cc(-c3ccccc3Br)cn2)cc1. The molecule has 0 unspecified atom stereocenters. The van der Waals surface area contributed by atoms with Gasteiger partial charge in [0.1, 0.15) is 0 Å². The third-order valence-electron chi connectivity index (χ3n) is 3.28. The summed E-state index contributed by atoms with van der Waals surface area (Å²) in [5, 5.41) is 4.45. The molecule has 20 heavy (non-hydrogen) atoms. The van der Waals surface area contributed by atoms with E-state index >= 15 is 0 Å². The monoisotopic (exact) mass is 326 g/mol. The van der Waals surface area contributed by atoms with Crippen molar-refractivity contribution in [1.29, 1.82) is 0 Å². The lowest BCUT2D eigenvalue weighted by Crippen LogP contribution is -1.99. The van der Waals surface area contributed by atoms with Crippen molar-refractivity contribution in [2.75, 3.05) is 0 Å². The largest absolute Gasteiger partial charge is 0.268 e. The maximum Gasteiger partial charge on any atom is 0.0659 e. The molecule has 0 aliphatic heterocycles. The summed E-state index contributed by atoms with van der Waals surface area (Å²) in [5.41, 5.74) is 4.84. The second kappa shape index (κ2) is 5.63. The van der Waals surface area contributed by atoms with E-state index in [1.54, 1.807) is 0 Å². The van der Waals surface area contributed by atoms with E-state index in [0.29, 0.717) is 0 Å². The first-order valence-corrected chi connectivity index (χ1v) is 7.34. The fourth-order valence-corrected chi connectivity index (χ4v) is 2.68. The summed E-state index contributed by atoms with van der Waals surface area (Å²) < 4.78 is 3.06. The third kappa shape index (κ3) is 2.83. The van der Waals surface area contributed by atoms with Gasteiger partial charge in [-0.1, -0.05) is 64.0 Å². The molecule has 1 aromatic heterocycles. The number of aromatic nitrogens is 2. The van der Waals surface area contributed by atoms with Gasteiger partial charge >= 0.3 is 0 Å². The van der Waals surface area contributed by atoms with Crippen LogP contribution in [0.25, 0.3) is 11.1 Å². The first kappa shape index (κ1) is 13.1. The highest BCUT2D eigenvalue weighted by atomic mass is 79.9. The molecule has 2 aromatic carbocycles. The Labute approximate surface area is 127 Å². The van der Waals surface area contributed by atoms with E-state index in [4.69, 9.17) is 0 Å². The van der Waals surface area contributed by atoms with Gasteiger partial charge in [0.05, 0.1) is 12.7 Å². The van der Waals surface area contributed by atoms with E-state index in [9.17, 15) is 0 Å². The van der Waals surface area contributed by atoms with Crippen LogP contribution >= 0.6 is 15.9 Å². The first-order valence-electron chi connectivity index (χ1n) is 6.55. The zero-order valence-corrected chi connectivity index (χ0v) is 12.8. The predicted octanol–water partition coefficient (Wildman–Crippen LogP) is 4.67. The second-order valence-corrected chi connectivity index (χ2v) is 5.75. The molecular weight excluding hydrogens is 312 g/mol. The molecule has 0 radical (unpaired) electrons. The molecular formula is C17H15BrN2. The van der Waals surface area contributed by atoms with Crippen molar-refractivity contribution in [3.05, 3.63) is 76.5 Å². The van der Waals surface area contributed by atoms with Crippen molar-refractivity contribution >= 4 is 15.9 Å². The van der Waals surface area contributed by atoms with Gasteiger partial charge in [0, 0.05) is 16.2 Å². The lowest BCUT2D eigenvalue weighted by atomic mass is 10.1. The highest BCUT2D eigenvalue weighted by Crippen LogP contribution is 2.27. The van der Waals surface area contributed by atoms with E-state index in [0.717, 1.165) is 16.6 Å². The van der Waals surface area contributed by atoms with Crippen molar-refractivity contribution in [3.8, 4) is 11.1 Å². The molecule has 0 amide bonds. The quantitative estimate of drug-likeness (QED) is 0.683. The Morgan fingerprint density at radius 1 is 1.05 bits per heavy atom. The maximum absolute atomic E-state index is 4.45. The number of benzene rings is 2. The number of aryl methyl sites for hydroxylation is 1. The van der Waals surface area contributed by atoms with E-state index in [2.05, 4.69) is 64.5 Å². The maximum atomic E-state index is 4.45. The minimum Gasteiger partial charge on any atom is -0.268 e. The minimum atomic E-state index is 0.796. The molecule has 0 fully saturated rings. The van der Waals surface area contributed by atoms with Gasteiger partial charge in [0.15, 0.2) is 0 Å². The molecule has 2 nitrogen and oxygen atoms in total. The van der Waals surface area contributed by atoms with Gasteiger partial charge in [0.2, 0.25) is 0 Å². The number of hydrogen-bond donors (Lipinski definition) is 0. The standard InChI is InChI=1S/C17H15BrN2/c1-13-6-8-14(9-7-13)11-20-12-15(10-19-20)16-4-2-3-5-17(16)18/h2-10,12H,11H2,1H3. The number of hydrogen-bond acceptors (Lipinski definition) is 1. The summed E-state index contributed by atoms with van der Waals surface area (Å²) in [5.74, 6) is 0. The summed E-state index contributed by atoms with van der Waals surface area (Å²) in [7, 11) is 0. The van der Waals surface area contributed by atoms with Crippen molar-refractivity contribution in [2.45, 2.75) is 13.5 Å². The normalized spacial score (nSPS) is 10.7. The van der Waals surface area contributed by atoms with Gasteiger partial charge in [-0.3, -0.25) is 4.68 Å². The highest BCUT2D eigenvalue weighted by Gasteiger charge is 2.05. The summed E-state index contributed by atoms with van der Waals surface area (Å²) in [4.78, 5) is 0. The van der Waals surface area contributed by atoms with Crippen molar-refractivity contribution in [2.24, 2.45) is 0 Å². The Hall–Kier alpha value is -1.87. The molecule has 3 aromatic rings. The van der Waals surface area contributed by atoms with Crippen LogP contribution in [-0.4, -0.2) is 9.78 Å². The van der Waals surface area contributed by atoms with Crippen molar-refractivity contribution in [3.63, 3.8) is 0 Å². The predicted molar refractivity (Wildman–Crippen MR) is 85.6 cm³/mol. The van der Waals surface area contributed by atoms with Crippen LogP contribution in [0.2, 0.25) is 0 Å². The Morgan fingerprint density at radius 3 is 2.55 bits per heavy atom. The second-order valence-electron chi connectivity index (χ2n) is 4.89. The van der Waals surface area contributed by atoms with Crippen LogP contribution < -0.4 is 0 Å².